The second kappa shape index (κ2) is 5.65. The monoisotopic (exact) mass is 295 g/mol. The molecule has 7 nitrogen and oxygen atoms in total. The quantitative estimate of drug-likeness (QED) is 0.797. The summed E-state index contributed by atoms with van der Waals surface area (Å²) in [5.41, 5.74) is 0.399. The predicted octanol–water partition coefficient (Wildman–Crippen LogP) is 2.19. The third-order valence-electron chi connectivity index (χ3n) is 3.13. The van der Waals surface area contributed by atoms with Crippen molar-refractivity contribution < 1.29 is 9.53 Å². The van der Waals surface area contributed by atoms with E-state index in [2.05, 4.69) is 27.3 Å². The fourth-order valence-electron chi connectivity index (χ4n) is 2.09. The molecule has 1 heterocycles. The standard InChI is InChI=1S/C15H13N5O2/c1-3-20-18-15(17-19-20)16-14(21)12-8-10-6-4-5-7-11(10)9-13(12)22-2/h3-9H,1H2,2H3,(H,16,18,21). The Kier molecular flexibility index (Phi) is 3.53. The maximum atomic E-state index is 12.4. The maximum absolute atomic E-state index is 12.4. The van der Waals surface area contributed by atoms with Gasteiger partial charge in [0.2, 0.25) is 0 Å². The Hall–Kier alpha value is -3.22. The summed E-state index contributed by atoms with van der Waals surface area (Å²) in [6.45, 7) is 3.51. The highest BCUT2D eigenvalue weighted by molar-refractivity contribution is 6.08. The van der Waals surface area contributed by atoms with E-state index in [1.54, 1.807) is 6.07 Å². The highest BCUT2D eigenvalue weighted by atomic mass is 16.5. The zero-order valence-electron chi connectivity index (χ0n) is 11.9. The lowest BCUT2D eigenvalue weighted by Gasteiger charge is -2.09. The van der Waals surface area contributed by atoms with Gasteiger partial charge in [0.05, 0.1) is 12.7 Å². The van der Waals surface area contributed by atoms with Crippen molar-refractivity contribution in [2.24, 2.45) is 0 Å². The Labute approximate surface area is 126 Å². The summed E-state index contributed by atoms with van der Waals surface area (Å²) in [5, 5.41) is 15.8. The first kappa shape index (κ1) is 13.7. The Morgan fingerprint density at radius 3 is 2.68 bits per heavy atom. The van der Waals surface area contributed by atoms with Crippen molar-refractivity contribution in [3.8, 4) is 5.75 Å². The van der Waals surface area contributed by atoms with E-state index in [0.717, 1.165) is 15.6 Å². The summed E-state index contributed by atoms with van der Waals surface area (Å²) in [6, 6.07) is 11.3. The van der Waals surface area contributed by atoms with E-state index in [4.69, 9.17) is 4.74 Å². The normalized spacial score (nSPS) is 10.4. The minimum Gasteiger partial charge on any atom is -0.496 e. The van der Waals surface area contributed by atoms with E-state index in [1.165, 1.54) is 13.3 Å². The van der Waals surface area contributed by atoms with Crippen LogP contribution in [0.15, 0.2) is 43.0 Å². The number of tetrazole rings is 1. The summed E-state index contributed by atoms with van der Waals surface area (Å²) >= 11 is 0. The van der Waals surface area contributed by atoms with Crippen LogP contribution >= 0.6 is 0 Å². The molecule has 1 N–H and O–H groups in total. The lowest BCUT2D eigenvalue weighted by molar-refractivity contribution is 0.102. The molecule has 0 spiro atoms. The van der Waals surface area contributed by atoms with E-state index in [9.17, 15) is 4.79 Å². The number of anilines is 1. The van der Waals surface area contributed by atoms with Crippen LogP contribution in [0.1, 0.15) is 10.4 Å². The fourth-order valence-corrected chi connectivity index (χ4v) is 2.09. The number of nitrogens with one attached hydrogen (secondary N) is 1. The van der Waals surface area contributed by atoms with Crippen LogP contribution in [0.25, 0.3) is 17.0 Å². The number of hydrogen-bond acceptors (Lipinski definition) is 5. The minimum absolute atomic E-state index is 0.0973. The van der Waals surface area contributed by atoms with Crippen LogP contribution in [0, 0.1) is 0 Å². The molecular weight excluding hydrogens is 282 g/mol. The zero-order valence-corrected chi connectivity index (χ0v) is 11.9. The first-order valence-electron chi connectivity index (χ1n) is 6.51. The van der Waals surface area contributed by atoms with Gasteiger partial charge < -0.3 is 4.74 Å². The number of methoxy groups -OCH3 is 1. The number of amides is 1. The van der Waals surface area contributed by atoms with Crippen LogP contribution in [-0.2, 0) is 0 Å². The van der Waals surface area contributed by atoms with Crippen LogP contribution in [0.4, 0.5) is 5.95 Å². The molecule has 0 atom stereocenters. The van der Waals surface area contributed by atoms with Crippen LogP contribution in [0.3, 0.4) is 0 Å². The highest BCUT2D eigenvalue weighted by Crippen LogP contribution is 2.26. The summed E-state index contributed by atoms with van der Waals surface area (Å²) in [6.07, 6.45) is 1.37. The van der Waals surface area contributed by atoms with Gasteiger partial charge in [-0.1, -0.05) is 35.9 Å². The van der Waals surface area contributed by atoms with Gasteiger partial charge in [-0.2, -0.15) is 0 Å². The molecule has 7 heteroatoms. The smallest absolute Gasteiger partial charge is 0.270 e. The zero-order chi connectivity index (χ0) is 15.5. The summed E-state index contributed by atoms with van der Waals surface area (Å²) < 4.78 is 5.30. The van der Waals surface area contributed by atoms with E-state index in [1.807, 2.05) is 30.3 Å². The molecule has 0 aliphatic heterocycles. The largest absolute Gasteiger partial charge is 0.496 e. The highest BCUT2D eigenvalue weighted by Gasteiger charge is 2.15. The van der Waals surface area contributed by atoms with Crippen LogP contribution < -0.4 is 10.1 Å². The molecule has 0 aliphatic carbocycles. The molecule has 110 valence electrons. The van der Waals surface area contributed by atoms with Gasteiger partial charge in [0.25, 0.3) is 11.9 Å². The average molecular weight is 295 g/mol. The summed E-state index contributed by atoms with van der Waals surface area (Å²) in [4.78, 5) is 13.6. The molecule has 2 aromatic carbocycles. The Bertz CT molecular complexity index is 856. The van der Waals surface area contributed by atoms with Crippen LogP contribution in [0.2, 0.25) is 0 Å². The Balaban J connectivity index is 1.96. The van der Waals surface area contributed by atoms with Gasteiger partial charge in [0.1, 0.15) is 5.75 Å². The average Bonchev–Trinajstić information content (AvgIpc) is 3.01. The topological polar surface area (TPSA) is 81.9 Å². The van der Waals surface area contributed by atoms with Gasteiger partial charge in [-0.05, 0) is 28.1 Å². The predicted molar refractivity (Wildman–Crippen MR) is 82.7 cm³/mol. The van der Waals surface area contributed by atoms with Crippen molar-refractivity contribution in [3.63, 3.8) is 0 Å². The maximum Gasteiger partial charge on any atom is 0.270 e. The number of fused-ring (bicyclic) bond motifs is 1. The van der Waals surface area contributed by atoms with Gasteiger partial charge in [-0.25, -0.2) is 0 Å². The van der Waals surface area contributed by atoms with Gasteiger partial charge in [-0.3, -0.25) is 10.1 Å². The van der Waals surface area contributed by atoms with Crippen molar-refractivity contribution in [1.29, 1.82) is 0 Å². The molecule has 3 rings (SSSR count). The summed E-state index contributed by atoms with van der Waals surface area (Å²) in [7, 11) is 1.52. The van der Waals surface area contributed by atoms with Crippen molar-refractivity contribution in [2.45, 2.75) is 0 Å². The molecule has 0 bridgehead atoms. The van der Waals surface area contributed by atoms with Crippen molar-refractivity contribution >= 4 is 28.8 Å². The number of carbonyl (C=O) groups excluding carboxylic acids is 1. The van der Waals surface area contributed by atoms with Crippen molar-refractivity contribution in [3.05, 3.63) is 48.5 Å². The SMILES string of the molecule is C=Cn1nnc(NC(=O)c2cc3ccccc3cc2OC)n1. The number of rotatable bonds is 4. The number of hydrogen-bond donors (Lipinski definition) is 1. The second-order valence-corrected chi connectivity index (χ2v) is 4.47. The number of aromatic nitrogens is 4. The second-order valence-electron chi connectivity index (χ2n) is 4.47. The van der Waals surface area contributed by atoms with Gasteiger partial charge in [0, 0.05) is 6.20 Å². The molecule has 3 aromatic rings. The number of carbonyl (C=O) groups is 1. The molecule has 0 unspecified atom stereocenters. The van der Waals surface area contributed by atoms with Gasteiger partial charge in [-0.15, -0.1) is 9.90 Å². The Morgan fingerprint density at radius 1 is 1.32 bits per heavy atom. The fraction of sp³-hybridized carbons (Fsp3) is 0.0667. The molecule has 22 heavy (non-hydrogen) atoms. The van der Waals surface area contributed by atoms with Crippen LogP contribution in [-0.4, -0.2) is 33.2 Å². The molecule has 0 saturated heterocycles. The first-order valence-corrected chi connectivity index (χ1v) is 6.51. The summed E-state index contributed by atoms with van der Waals surface area (Å²) in [5.74, 6) is 0.207. The van der Waals surface area contributed by atoms with Crippen molar-refractivity contribution in [1.82, 2.24) is 20.2 Å². The molecule has 0 aliphatic rings. The molecule has 0 radical (unpaired) electrons. The first-order chi connectivity index (χ1) is 10.7. The van der Waals surface area contributed by atoms with Crippen LogP contribution in [0.5, 0.6) is 5.75 Å². The molecule has 1 amide bonds. The number of ether oxygens (including phenoxy) is 1. The van der Waals surface area contributed by atoms with Gasteiger partial charge in [0.15, 0.2) is 0 Å². The lowest BCUT2D eigenvalue weighted by Crippen LogP contribution is -2.14. The molecule has 0 saturated carbocycles. The van der Waals surface area contributed by atoms with E-state index in [-0.39, 0.29) is 11.9 Å². The molecule has 1 aromatic heterocycles. The number of nitrogens with zero attached hydrogens (tertiary/aromatic N) is 4. The molecular formula is C15H13N5O2. The number of benzene rings is 2. The van der Waals surface area contributed by atoms with Gasteiger partial charge >= 0.3 is 0 Å². The van der Waals surface area contributed by atoms with E-state index in [0.29, 0.717) is 11.3 Å². The Morgan fingerprint density at radius 2 is 2.05 bits per heavy atom. The van der Waals surface area contributed by atoms with E-state index < -0.39 is 0 Å². The molecule has 0 fully saturated rings. The minimum atomic E-state index is -0.369. The van der Waals surface area contributed by atoms with Crippen molar-refractivity contribution in [2.75, 3.05) is 12.4 Å². The third-order valence-corrected chi connectivity index (χ3v) is 3.13. The van der Waals surface area contributed by atoms with E-state index >= 15 is 0 Å². The third kappa shape index (κ3) is 2.51. The lowest BCUT2D eigenvalue weighted by atomic mass is 10.1.